The molecule has 1 aromatic carbocycles. The Hall–Kier alpha value is -3.37. The van der Waals surface area contributed by atoms with Gasteiger partial charge in [0, 0.05) is 47.6 Å². The van der Waals surface area contributed by atoms with Crippen molar-refractivity contribution in [3.8, 4) is 11.6 Å². The van der Waals surface area contributed by atoms with Gasteiger partial charge in [-0.05, 0) is 36.8 Å². The molecule has 2 aromatic heterocycles. The predicted octanol–water partition coefficient (Wildman–Crippen LogP) is 4.87. The van der Waals surface area contributed by atoms with Crippen molar-refractivity contribution < 1.29 is 32.5 Å². The maximum absolute atomic E-state index is 14.3. The molecule has 0 bridgehead atoms. The zero-order valence-electron chi connectivity index (χ0n) is 19.2. The summed E-state index contributed by atoms with van der Waals surface area (Å²) in [7, 11) is 2.54. The van der Waals surface area contributed by atoms with Gasteiger partial charge in [0.1, 0.15) is 5.75 Å². The second-order valence-electron chi connectivity index (χ2n) is 7.98. The van der Waals surface area contributed by atoms with Crippen LogP contribution in [-0.4, -0.2) is 33.9 Å². The summed E-state index contributed by atoms with van der Waals surface area (Å²) in [5, 5.41) is 10.9. The number of benzene rings is 1. The van der Waals surface area contributed by atoms with Gasteiger partial charge in [0.05, 0.1) is 12.7 Å². The molecule has 2 unspecified atom stereocenters. The first-order valence-corrected chi connectivity index (χ1v) is 10.7. The number of halogens is 4. The second kappa shape index (κ2) is 9.71. The summed E-state index contributed by atoms with van der Waals surface area (Å²) in [4.78, 5) is 27.5. The summed E-state index contributed by atoms with van der Waals surface area (Å²) in [6, 6.07) is 7.88. The van der Waals surface area contributed by atoms with Gasteiger partial charge in [0.25, 0.3) is 5.56 Å². The van der Waals surface area contributed by atoms with Crippen molar-refractivity contribution >= 4 is 17.6 Å². The van der Waals surface area contributed by atoms with Crippen molar-refractivity contribution in [3.05, 3.63) is 86.4 Å². The van der Waals surface area contributed by atoms with Gasteiger partial charge in [0.15, 0.2) is 5.60 Å². The highest BCUT2D eigenvalue weighted by Gasteiger charge is 2.59. The molecule has 0 aliphatic carbocycles. The van der Waals surface area contributed by atoms with E-state index in [1.54, 1.807) is 0 Å². The Balaban J connectivity index is 1.96. The molecule has 0 radical (unpaired) electrons. The van der Waals surface area contributed by atoms with E-state index >= 15 is 0 Å². The average molecular weight is 511 g/mol. The summed E-state index contributed by atoms with van der Waals surface area (Å²) in [6.07, 6.45) is -2.87. The number of pyridine rings is 2. The minimum absolute atomic E-state index is 0.0133. The van der Waals surface area contributed by atoms with E-state index < -0.39 is 34.8 Å². The standard InChI is InChI=1S/C24H22ClF3N2O5/c1-13-9-16(12-30(3)21(13)31)23(33,24(26,27)28)14(2)18-7-6-17(10-19(18)25)35-20-8-5-15(11-29-20)22(32)34-4/h5-12,14,33H,1-4H3. The first-order valence-electron chi connectivity index (χ1n) is 10.3. The van der Waals surface area contributed by atoms with Crippen LogP contribution in [0.2, 0.25) is 5.02 Å². The third kappa shape index (κ3) is 5.03. The first kappa shape index (κ1) is 26.2. The number of aryl methyl sites for hydroxylation is 2. The number of methoxy groups -OCH3 is 1. The molecule has 3 aromatic rings. The van der Waals surface area contributed by atoms with Crippen LogP contribution >= 0.6 is 11.6 Å². The number of hydrogen-bond acceptors (Lipinski definition) is 6. The molecule has 0 amide bonds. The largest absolute Gasteiger partial charge is 0.465 e. The molecule has 0 saturated heterocycles. The quantitative estimate of drug-likeness (QED) is 0.476. The van der Waals surface area contributed by atoms with Crippen molar-refractivity contribution in [2.45, 2.75) is 31.5 Å². The van der Waals surface area contributed by atoms with Gasteiger partial charge >= 0.3 is 12.1 Å². The van der Waals surface area contributed by atoms with E-state index in [-0.39, 0.29) is 33.3 Å². The van der Waals surface area contributed by atoms with Gasteiger partial charge in [0.2, 0.25) is 5.88 Å². The fourth-order valence-electron chi connectivity index (χ4n) is 3.69. The summed E-state index contributed by atoms with van der Waals surface area (Å²) >= 11 is 6.31. The van der Waals surface area contributed by atoms with Crippen molar-refractivity contribution in [1.29, 1.82) is 0 Å². The molecule has 35 heavy (non-hydrogen) atoms. The number of esters is 1. The molecule has 2 atom stereocenters. The highest BCUT2D eigenvalue weighted by molar-refractivity contribution is 6.31. The van der Waals surface area contributed by atoms with Crippen molar-refractivity contribution in [3.63, 3.8) is 0 Å². The molecular weight excluding hydrogens is 489 g/mol. The maximum atomic E-state index is 14.3. The number of aromatic nitrogens is 2. The smallest absolute Gasteiger partial charge is 0.422 e. The van der Waals surface area contributed by atoms with E-state index in [1.807, 2.05) is 0 Å². The lowest BCUT2D eigenvalue weighted by atomic mass is 9.78. The molecule has 186 valence electrons. The molecular formula is C24H22ClF3N2O5. The Morgan fingerprint density at radius 1 is 1.20 bits per heavy atom. The Kier molecular flexibility index (Phi) is 7.28. The van der Waals surface area contributed by atoms with Crippen LogP contribution in [0.5, 0.6) is 11.6 Å². The Morgan fingerprint density at radius 2 is 1.89 bits per heavy atom. The Bertz CT molecular complexity index is 1280. The fraction of sp³-hybridized carbons (Fsp3) is 0.292. The third-order valence-corrected chi connectivity index (χ3v) is 6.01. The summed E-state index contributed by atoms with van der Waals surface area (Å²) in [6.45, 7) is 2.57. The SMILES string of the molecule is COC(=O)c1ccc(Oc2ccc(C(C)C(O)(c3cc(C)c(=O)n(C)c3)C(F)(F)F)c(Cl)c2)nc1. The van der Waals surface area contributed by atoms with Crippen LogP contribution in [-0.2, 0) is 17.4 Å². The summed E-state index contributed by atoms with van der Waals surface area (Å²) in [5.41, 5.74) is -4.01. The van der Waals surface area contributed by atoms with Crippen LogP contribution in [0.3, 0.4) is 0 Å². The molecule has 3 rings (SSSR count). The molecule has 0 saturated carbocycles. The second-order valence-corrected chi connectivity index (χ2v) is 8.38. The van der Waals surface area contributed by atoms with Crippen LogP contribution < -0.4 is 10.3 Å². The fourth-order valence-corrected chi connectivity index (χ4v) is 4.03. The molecule has 0 spiro atoms. The van der Waals surface area contributed by atoms with Crippen molar-refractivity contribution in [2.24, 2.45) is 7.05 Å². The van der Waals surface area contributed by atoms with Crippen LogP contribution in [0, 0.1) is 6.92 Å². The van der Waals surface area contributed by atoms with E-state index in [4.69, 9.17) is 16.3 Å². The summed E-state index contributed by atoms with van der Waals surface area (Å²) in [5.74, 6) is -1.82. The zero-order valence-corrected chi connectivity index (χ0v) is 19.9. The monoisotopic (exact) mass is 510 g/mol. The predicted molar refractivity (Wildman–Crippen MR) is 122 cm³/mol. The molecule has 0 aliphatic rings. The lowest BCUT2D eigenvalue weighted by Gasteiger charge is -2.37. The van der Waals surface area contributed by atoms with E-state index in [2.05, 4.69) is 9.72 Å². The topological polar surface area (TPSA) is 90.7 Å². The molecule has 1 N–H and O–H groups in total. The number of carbonyl (C=O) groups is 1. The first-order chi connectivity index (χ1) is 16.3. The lowest BCUT2D eigenvalue weighted by Crippen LogP contribution is -2.47. The number of rotatable bonds is 6. The number of carbonyl (C=O) groups excluding carboxylic acids is 1. The number of nitrogens with zero attached hydrogens (tertiary/aromatic N) is 2. The minimum Gasteiger partial charge on any atom is -0.465 e. The van der Waals surface area contributed by atoms with Crippen LogP contribution in [0.15, 0.2) is 53.6 Å². The van der Waals surface area contributed by atoms with Gasteiger partial charge in [-0.1, -0.05) is 24.6 Å². The van der Waals surface area contributed by atoms with Crippen LogP contribution in [0.4, 0.5) is 13.2 Å². The molecule has 0 aliphatic heterocycles. The Labute approximate surface area is 203 Å². The number of aliphatic hydroxyl groups is 1. The molecule has 11 heteroatoms. The Morgan fingerprint density at radius 3 is 2.40 bits per heavy atom. The van der Waals surface area contributed by atoms with Crippen molar-refractivity contribution in [1.82, 2.24) is 9.55 Å². The minimum atomic E-state index is -5.08. The highest BCUT2D eigenvalue weighted by atomic mass is 35.5. The van der Waals surface area contributed by atoms with Crippen LogP contribution in [0.25, 0.3) is 0 Å². The van der Waals surface area contributed by atoms with Gasteiger partial charge in [-0.3, -0.25) is 4.79 Å². The molecule has 0 fully saturated rings. The van der Waals surface area contributed by atoms with Gasteiger partial charge in [-0.25, -0.2) is 9.78 Å². The van der Waals surface area contributed by atoms with Crippen LogP contribution in [0.1, 0.15) is 39.9 Å². The van der Waals surface area contributed by atoms with E-state index in [1.165, 1.54) is 64.5 Å². The lowest BCUT2D eigenvalue weighted by molar-refractivity contribution is -0.274. The van der Waals surface area contributed by atoms with Gasteiger partial charge in [-0.2, -0.15) is 13.2 Å². The summed E-state index contributed by atoms with van der Waals surface area (Å²) < 4.78 is 53.9. The molecule has 7 nitrogen and oxygen atoms in total. The normalized spacial score (nSPS) is 14.2. The maximum Gasteiger partial charge on any atom is 0.422 e. The van der Waals surface area contributed by atoms with E-state index in [0.717, 1.165) is 16.8 Å². The van der Waals surface area contributed by atoms with Gasteiger partial charge in [-0.15, -0.1) is 0 Å². The zero-order chi connectivity index (χ0) is 26.1. The van der Waals surface area contributed by atoms with Gasteiger partial charge < -0.3 is 19.1 Å². The van der Waals surface area contributed by atoms with E-state index in [0.29, 0.717) is 0 Å². The van der Waals surface area contributed by atoms with Crippen molar-refractivity contribution in [2.75, 3.05) is 7.11 Å². The number of ether oxygens (including phenoxy) is 2. The van der Waals surface area contributed by atoms with E-state index in [9.17, 15) is 27.9 Å². The highest BCUT2D eigenvalue weighted by Crippen LogP contribution is 2.50. The molecule has 2 heterocycles. The number of hydrogen-bond donors (Lipinski definition) is 1. The third-order valence-electron chi connectivity index (χ3n) is 5.68. The average Bonchev–Trinajstić information content (AvgIpc) is 2.80. The number of alkyl halides is 3.